The molecule has 0 atom stereocenters. The molecule has 62 valence electrons. The molecule has 0 aromatic carbocycles. The van der Waals surface area contributed by atoms with Crippen molar-refractivity contribution >= 4 is 5.97 Å². The van der Waals surface area contributed by atoms with Crippen LogP contribution in [0.5, 0.6) is 0 Å². The lowest BCUT2D eigenvalue weighted by molar-refractivity contribution is -0.144. The maximum absolute atomic E-state index is 11.1. The zero-order valence-corrected chi connectivity index (χ0v) is 6.94. The lowest BCUT2D eigenvalue weighted by Gasteiger charge is -2.15. The van der Waals surface area contributed by atoms with E-state index in [0.29, 0.717) is 0 Å². The van der Waals surface area contributed by atoms with Crippen LogP contribution >= 0.6 is 0 Å². The number of methoxy groups -OCH3 is 1. The third kappa shape index (κ3) is 1.53. The summed E-state index contributed by atoms with van der Waals surface area (Å²) in [6.45, 7) is 5.51. The van der Waals surface area contributed by atoms with Crippen LogP contribution < -0.4 is 5.32 Å². The van der Waals surface area contributed by atoms with Gasteiger partial charge in [-0.1, -0.05) is 6.58 Å². The number of hydrogen-bond acceptors (Lipinski definition) is 3. The number of nitrogens with one attached hydrogen (secondary N) is 1. The number of hydrogen-bond donors (Lipinski definition) is 1. The first kappa shape index (κ1) is 8.11. The van der Waals surface area contributed by atoms with Crippen LogP contribution in [0.3, 0.4) is 0 Å². The molecule has 11 heavy (non-hydrogen) atoms. The molecule has 0 spiro atoms. The van der Waals surface area contributed by atoms with Gasteiger partial charge in [-0.2, -0.15) is 0 Å². The third-order valence-corrected chi connectivity index (χ3v) is 1.78. The van der Waals surface area contributed by atoms with E-state index in [9.17, 15) is 4.79 Å². The van der Waals surface area contributed by atoms with Gasteiger partial charge in [0.05, 0.1) is 7.11 Å². The maximum atomic E-state index is 11.1. The van der Waals surface area contributed by atoms with Crippen LogP contribution in [0.4, 0.5) is 0 Å². The first-order valence-electron chi connectivity index (χ1n) is 3.63. The molecule has 3 nitrogen and oxygen atoms in total. The minimum Gasteiger partial charge on any atom is -0.467 e. The van der Waals surface area contributed by atoms with Crippen LogP contribution in [0, 0.1) is 0 Å². The van der Waals surface area contributed by atoms with Crippen LogP contribution in [0.15, 0.2) is 12.3 Å². The van der Waals surface area contributed by atoms with Gasteiger partial charge in [-0.15, -0.1) is 0 Å². The van der Waals surface area contributed by atoms with E-state index in [-0.39, 0.29) is 5.97 Å². The van der Waals surface area contributed by atoms with Crippen LogP contribution in [-0.4, -0.2) is 18.6 Å². The van der Waals surface area contributed by atoms with Gasteiger partial charge in [-0.05, 0) is 19.8 Å². The standard InChI is InChI=1S/C8H13NO2/c1-6(2)9-8(4-5-8)7(10)11-3/h9H,1,4-5H2,2-3H3. The first-order chi connectivity index (χ1) is 5.10. The smallest absolute Gasteiger partial charge is 0.331 e. The highest BCUT2D eigenvalue weighted by atomic mass is 16.5. The third-order valence-electron chi connectivity index (χ3n) is 1.78. The lowest BCUT2D eigenvalue weighted by Crippen LogP contribution is -2.38. The van der Waals surface area contributed by atoms with Crippen molar-refractivity contribution in [2.75, 3.05) is 7.11 Å². The zero-order chi connectivity index (χ0) is 8.48. The van der Waals surface area contributed by atoms with Crippen molar-refractivity contribution in [2.24, 2.45) is 0 Å². The number of rotatable bonds is 3. The Hall–Kier alpha value is -0.990. The molecular formula is C8H13NO2. The fourth-order valence-corrected chi connectivity index (χ4v) is 1.11. The summed E-state index contributed by atoms with van der Waals surface area (Å²) in [4.78, 5) is 11.1. The quantitative estimate of drug-likeness (QED) is 0.613. The second-order valence-electron chi connectivity index (χ2n) is 2.98. The molecule has 1 rings (SSSR count). The van der Waals surface area contributed by atoms with Gasteiger partial charge in [-0.25, -0.2) is 4.79 Å². The minimum absolute atomic E-state index is 0.180. The Bertz CT molecular complexity index is 194. The van der Waals surface area contributed by atoms with Gasteiger partial charge in [0.25, 0.3) is 0 Å². The largest absolute Gasteiger partial charge is 0.467 e. The Labute approximate surface area is 66.4 Å². The van der Waals surface area contributed by atoms with Crippen LogP contribution in [-0.2, 0) is 9.53 Å². The van der Waals surface area contributed by atoms with Crippen LogP contribution in [0.25, 0.3) is 0 Å². The average Bonchev–Trinajstić information content (AvgIpc) is 2.67. The average molecular weight is 155 g/mol. The molecule has 0 radical (unpaired) electrons. The molecule has 1 fully saturated rings. The molecule has 1 aliphatic carbocycles. The first-order valence-corrected chi connectivity index (χ1v) is 3.63. The van der Waals surface area contributed by atoms with Gasteiger partial charge in [0.1, 0.15) is 5.54 Å². The van der Waals surface area contributed by atoms with Gasteiger partial charge in [0, 0.05) is 5.70 Å². The molecule has 0 aliphatic heterocycles. The van der Waals surface area contributed by atoms with Crippen molar-refractivity contribution < 1.29 is 9.53 Å². The molecule has 1 aliphatic rings. The van der Waals surface area contributed by atoms with Gasteiger partial charge >= 0.3 is 5.97 Å². The Morgan fingerprint density at radius 2 is 2.18 bits per heavy atom. The molecule has 3 heteroatoms. The highest BCUT2D eigenvalue weighted by Crippen LogP contribution is 2.37. The van der Waals surface area contributed by atoms with E-state index in [0.717, 1.165) is 18.5 Å². The van der Waals surface area contributed by atoms with Crippen molar-refractivity contribution in [3.05, 3.63) is 12.3 Å². The van der Waals surface area contributed by atoms with Gasteiger partial charge in [0.15, 0.2) is 0 Å². The van der Waals surface area contributed by atoms with Crippen LogP contribution in [0.1, 0.15) is 19.8 Å². The summed E-state index contributed by atoms with van der Waals surface area (Å²) in [6, 6.07) is 0. The zero-order valence-electron chi connectivity index (χ0n) is 6.94. The highest BCUT2D eigenvalue weighted by molar-refractivity contribution is 5.84. The van der Waals surface area contributed by atoms with Crippen LogP contribution in [0.2, 0.25) is 0 Å². The second kappa shape index (κ2) is 2.57. The highest BCUT2D eigenvalue weighted by Gasteiger charge is 2.51. The van der Waals surface area contributed by atoms with Gasteiger partial charge < -0.3 is 10.1 Å². The normalized spacial score (nSPS) is 18.7. The van der Waals surface area contributed by atoms with E-state index in [4.69, 9.17) is 0 Å². The molecule has 0 bridgehead atoms. The van der Waals surface area contributed by atoms with Crippen molar-refractivity contribution in [2.45, 2.75) is 25.3 Å². The second-order valence-corrected chi connectivity index (χ2v) is 2.98. The Kier molecular flexibility index (Phi) is 1.89. The summed E-state index contributed by atoms with van der Waals surface area (Å²) >= 11 is 0. The summed E-state index contributed by atoms with van der Waals surface area (Å²) < 4.78 is 4.64. The van der Waals surface area contributed by atoms with E-state index in [1.54, 1.807) is 0 Å². The molecule has 0 aromatic heterocycles. The number of carbonyl (C=O) groups excluding carboxylic acids is 1. The topological polar surface area (TPSA) is 38.3 Å². The molecule has 0 heterocycles. The van der Waals surface area contributed by atoms with E-state index in [2.05, 4.69) is 16.6 Å². The molecule has 0 amide bonds. The Morgan fingerprint density at radius 1 is 1.64 bits per heavy atom. The predicted octanol–water partition coefficient (Wildman–Crippen LogP) is 0.815. The Balaban J connectivity index is 2.53. The lowest BCUT2D eigenvalue weighted by atomic mass is 10.2. The number of carbonyl (C=O) groups is 1. The van der Waals surface area contributed by atoms with Crippen molar-refractivity contribution in [1.29, 1.82) is 0 Å². The maximum Gasteiger partial charge on any atom is 0.331 e. The fourth-order valence-electron chi connectivity index (χ4n) is 1.11. The van der Waals surface area contributed by atoms with E-state index >= 15 is 0 Å². The SMILES string of the molecule is C=C(C)NC1(C(=O)OC)CC1. The van der Waals surface area contributed by atoms with Gasteiger partial charge in [-0.3, -0.25) is 0 Å². The number of allylic oxidation sites excluding steroid dienone is 1. The van der Waals surface area contributed by atoms with E-state index < -0.39 is 5.54 Å². The van der Waals surface area contributed by atoms with E-state index in [1.807, 2.05) is 6.92 Å². The summed E-state index contributed by atoms with van der Waals surface area (Å²) in [7, 11) is 1.41. The van der Waals surface area contributed by atoms with Gasteiger partial charge in [0.2, 0.25) is 0 Å². The number of ether oxygens (including phenoxy) is 1. The minimum atomic E-state index is -0.430. The predicted molar refractivity (Wildman–Crippen MR) is 41.9 cm³/mol. The van der Waals surface area contributed by atoms with E-state index in [1.165, 1.54) is 7.11 Å². The summed E-state index contributed by atoms with van der Waals surface area (Å²) in [5.74, 6) is -0.180. The van der Waals surface area contributed by atoms with Crippen molar-refractivity contribution in [1.82, 2.24) is 5.32 Å². The molecule has 1 N–H and O–H groups in total. The van der Waals surface area contributed by atoms with Crippen molar-refractivity contribution in [3.63, 3.8) is 0 Å². The molecule has 0 saturated heterocycles. The molecule has 0 aromatic rings. The number of esters is 1. The van der Waals surface area contributed by atoms with Crippen molar-refractivity contribution in [3.8, 4) is 0 Å². The Morgan fingerprint density at radius 3 is 2.45 bits per heavy atom. The molecule has 0 unspecified atom stereocenters. The summed E-state index contributed by atoms with van der Waals surface area (Å²) in [5, 5.41) is 3.01. The molecule has 1 saturated carbocycles. The summed E-state index contributed by atoms with van der Waals surface area (Å²) in [6.07, 6.45) is 1.71. The monoisotopic (exact) mass is 155 g/mol. The summed E-state index contributed by atoms with van der Waals surface area (Å²) in [5.41, 5.74) is 0.383. The fraction of sp³-hybridized carbons (Fsp3) is 0.625. The molecular weight excluding hydrogens is 142 g/mol.